The average Bonchev–Trinajstić information content (AvgIpc) is 2.15. The molecular formula is C4H8F2N2. The fourth-order valence-electron chi connectivity index (χ4n) is 0.721. The predicted octanol–water partition coefficient (Wildman–Crippen LogP) is -0.464. The summed E-state index contributed by atoms with van der Waals surface area (Å²) in [6, 6.07) is -0.926. The van der Waals surface area contributed by atoms with E-state index in [1.165, 1.54) is 0 Å². The van der Waals surface area contributed by atoms with Crippen LogP contribution in [0, 0.1) is 5.92 Å². The molecule has 0 amide bonds. The molecule has 8 heavy (non-hydrogen) atoms. The molecule has 0 bridgehead atoms. The lowest BCUT2D eigenvalue weighted by Crippen LogP contribution is -2.12. The molecule has 1 fully saturated rings. The van der Waals surface area contributed by atoms with Gasteiger partial charge in [-0.25, -0.2) is 8.78 Å². The molecule has 0 heterocycles. The Labute approximate surface area is 45.8 Å². The van der Waals surface area contributed by atoms with Crippen molar-refractivity contribution in [3.05, 3.63) is 0 Å². The number of hydrogen-bond donors (Lipinski definition) is 2. The standard InChI is InChI=1S/C4H8F2N2/c5-4(6)1-2(7)3(1)8/h1-4H,7-8H2/t2-,3-/m0/s1. The minimum Gasteiger partial charge on any atom is -0.326 e. The van der Waals surface area contributed by atoms with Gasteiger partial charge in [-0.1, -0.05) is 0 Å². The third-order valence-electron chi connectivity index (χ3n) is 1.48. The minimum atomic E-state index is -2.33. The highest BCUT2D eigenvalue weighted by atomic mass is 19.3. The van der Waals surface area contributed by atoms with Gasteiger partial charge in [0.2, 0.25) is 6.43 Å². The van der Waals surface area contributed by atoms with Gasteiger partial charge in [0, 0.05) is 12.1 Å². The summed E-state index contributed by atoms with van der Waals surface area (Å²) in [5.41, 5.74) is 10.2. The summed E-state index contributed by atoms with van der Waals surface area (Å²) in [4.78, 5) is 0. The minimum absolute atomic E-state index is 0.463. The molecule has 0 aliphatic heterocycles. The summed E-state index contributed by atoms with van der Waals surface area (Å²) in [6.45, 7) is 0. The van der Waals surface area contributed by atoms with Crippen LogP contribution in [0.4, 0.5) is 8.78 Å². The van der Waals surface area contributed by atoms with E-state index < -0.39 is 24.4 Å². The largest absolute Gasteiger partial charge is 0.326 e. The zero-order valence-corrected chi connectivity index (χ0v) is 4.22. The van der Waals surface area contributed by atoms with E-state index in [1.807, 2.05) is 0 Å². The van der Waals surface area contributed by atoms with E-state index in [0.29, 0.717) is 0 Å². The molecule has 4 heteroatoms. The Hall–Kier alpha value is -0.220. The van der Waals surface area contributed by atoms with Gasteiger partial charge < -0.3 is 11.5 Å². The van der Waals surface area contributed by atoms with E-state index >= 15 is 0 Å². The second kappa shape index (κ2) is 1.63. The van der Waals surface area contributed by atoms with Crippen LogP contribution in [0.2, 0.25) is 0 Å². The monoisotopic (exact) mass is 122 g/mol. The van der Waals surface area contributed by atoms with Gasteiger partial charge in [0.15, 0.2) is 0 Å². The Morgan fingerprint density at radius 2 is 1.50 bits per heavy atom. The smallest absolute Gasteiger partial charge is 0.244 e. The van der Waals surface area contributed by atoms with Crippen molar-refractivity contribution in [1.82, 2.24) is 0 Å². The number of nitrogens with two attached hydrogens (primary N) is 2. The zero-order valence-electron chi connectivity index (χ0n) is 4.22. The first-order valence-electron chi connectivity index (χ1n) is 2.44. The molecule has 0 radical (unpaired) electrons. The van der Waals surface area contributed by atoms with Crippen molar-refractivity contribution >= 4 is 0 Å². The molecule has 1 rings (SSSR count). The molecule has 1 aliphatic carbocycles. The molecule has 0 aromatic heterocycles. The molecule has 1 saturated carbocycles. The lowest BCUT2D eigenvalue weighted by atomic mass is 10.4. The molecule has 0 aromatic rings. The summed E-state index contributed by atoms with van der Waals surface area (Å²) >= 11 is 0. The summed E-state index contributed by atoms with van der Waals surface area (Å²) in [5.74, 6) is -0.741. The Balaban J connectivity index is 2.33. The van der Waals surface area contributed by atoms with Crippen molar-refractivity contribution in [3.63, 3.8) is 0 Å². The van der Waals surface area contributed by atoms with Gasteiger partial charge in [-0.15, -0.1) is 0 Å². The zero-order chi connectivity index (χ0) is 6.31. The van der Waals surface area contributed by atoms with Crippen LogP contribution in [0.1, 0.15) is 0 Å². The van der Waals surface area contributed by atoms with Crippen molar-refractivity contribution < 1.29 is 8.78 Å². The maximum atomic E-state index is 11.6. The highest BCUT2D eigenvalue weighted by Gasteiger charge is 2.50. The fourth-order valence-corrected chi connectivity index (χ4v) is 0.721. The second-order valence-corrected chi connectivity index (χ2v) is 2.07. The Kier molecular flexibility index (Phi) is 1.21. The number of halogens is 2. The molecule has 1 aliphatic rings. The van der Waals surface area contributed by atoms with E-state index in [2.05, 4.69) is 0 Å². The van der Waals surface area contributed by atoms with Gasteiger partial charge in [0.1, 0.15) is 0 Å². The summed E-state index contributed by atoms with van der Waals surface area (Å²) in [6.07, 6.45) is -2.33. The maximum Gasteiger partial charge on any atom is 0.244 e. The van der Waals surface area contributed by atoms with Gasteiger partial charge in [0.25, 0.3) is 0 Å². The van der Waals surface area contributed by atoms with Gasteiger partial charge >= 0.3 is 0 Å². The van der Waals surface area contributed by atoms with Crippen molar-refractivity contribution in [2.45, 2.75) is 18.5 Å². The second-order valence-electron chi connectivity index (χ2n) is 2.07. The topological polar surface area (TPSA) is 52.0 Å². The summed E-state index contributed by atoms with van der Waals surface area (Å²) in [5, 5.41) is 0. The van der Waals surface area contributed by atoms with Crippen molar-refractivity contribution in [2.75, 3.05) is 0 Å². The van der Waals surface area contributed by atoms with Crippen LogP contribution in [0.25, 0.3) is 0 Å². The Morgan fingerprint density at radius 1 is 1.12 bits per heavy atom. The number of alkyl halides is 2. The van der Waals surface area contributed by atoms with Crippen molar-refractivity contribution in [2.24, 2.45) is 17.4 Å². The first-order valence-corrected chi connectivity index (χ1v) is 2.44. The van der Waals surface area contributed by atoms with Crippen LogP contribution in [0.15, 0.2) is 0 Å². The van der Waals surface area contributed by atoms with Gasteiger partial charge in [-0.3, -0.25) is 0 Å². The third-order valence-corrected chi connectivity index (χ3v) is 1.48. The van der Waals surface area contributed by atoms with Crippen molar-refractivity contribution in [1.29, 1.82) is 0 Å². The number of hydrogen-bond acceptors (Lipinski definition) is 2. The van der Waals surface area contributed by atoms with E-state index in [0.717, 1.165) is 0 Å². The van der Waals surface area contributed by atoms with Crippen LogP contribution in [0.3, 0.4) is 0 Å². The van der Waals surface area contributed by atoms with Crippen molar-refractivity contribution in [3.8, 4) is 0 Å². The molecule has 0 spiro atoms. The van der Waals surface area contributed by atoms with E-state index in [9.17, 15) is 8.78 Å². The average molecular weight is 122 g/mol. The predicted molar refractivity (Wildman–Crippen MR) is 25.4 cm³/mol. The van der Waals surface area contributed by atoms with E-state index in [4.69, 9.17) is 11.5 Å². The van der Waals surface area contributed by atoms with Crippen LogP contribution in [0.5, 0.6) is 0 Å². The molecule has 0 unspecified atom stereocenters. The maximum absolute atomic E-state index is 11.6. The third kappa shape index (κ3) is 0.695. The molecule has 2 nitrogen and oxygen atoms in total. The molecule has 48 valence electrons. The SMILES string of the molecule is N[C@H]1C(C(F)F)[C@@H]1N. The first kappa shape index (κ1) is 5.91. The number of rotatable bonds is 1. The van der Waals surface area contributed by atoms with Gasteiger partial charge in [0.05, 0.1) is 5.92 Å². The lowest BCUT2D eigenvalue weighted by molar-refractivity contribution is 0.118. The van der Waals surface area contributed by atoms with Crippen LogP contribution in [-0.2, 0) is 0 Å². The molecule has 0 aromatic carbocycles. The fraction of sp³-hybridized carbons (Fsp3) is 1.00. The van der Waals surface area contributed by atoms with Crippen LogP contribution >= 0.6 is 0 Å². The van der Waals surface area contributed by atoms with Gasteiger partial charge in [-0.2, -0.15) is 0 Å². The van der Waals surface area contributed by atoms with Gasteiger partial charge in [-0.05, 0) is 0 Å². The van der Waals surface area contributed by atoms with Crippen LogP contribution in [-0.4, -0.2) is 18.5 Å². The lowest BCUT2D eigenvalue weighted by Gasteiger charge is -1.89. The Bertz CT molecular complexity index is 81.3. The van der Waals surface area contributed by atoms with Crippen LogP contribution < -0.4 is 11.5 Å². The molecule has 4 N–H and O–H groups in total. The Morgan fingerprint density at radius 3 is 1.50 bits per heavy atom. The van der Waals surface area contributed by atoms with E-state index in [-0.39, 0.29) is 0 Å². The molecule has 2 atom stereocenters. The molecule has 0 saturated heterocycles. The quantitative estimate of drug-likeness (QED) is 0.494. The highest BCUT2D eigenvalue weighted by molar-refractivity contribution is 5.06. The first-order chi connectivity index (χ1) is 3.64. The normalized spacial score (nSPS) is 45.4. The van der Waals surface area contributed by atoms with E-state index in [1.54, 1.807) is 0 Å². The summed E-state index contributed by atoms with van der Waals surface area (Å²) < 4.78 is 23.1. The summed E-state index contributed by atoms with van der Waals surface area (Å²) in [7, 11) is 0. The molecular weight excluding hydrogens is 114 g/mol. The highest BCUT2D eigenvalue weighted by Crippen LogP contribution is 2.32.